The largest absolute Gasteiger partial charge is 0.456 e. The molecule has 0 amide bonds. The van der Waals surface area contributed by atoms with E-state index in [0.29, 0.717) is 0 Å². The summed E-state index contributed by atoms with van der Waals surface area (Å²) < 4.78 is 13.6. The van der Waals surface area contributed by atoms with E-state index in [9.17, 15) is 4.79 Å². The van der Waals surface area contributed by atoms with Gasteiger partial charge < -0.3 is 19.8 Å². The Hall–Kier alpha value is -4.85. The highest BCUT2D eigenvalue weighted by atomic mass is 16.6. The molecular formula is C35H37N5O3. The summed E-state index contributed by atoms with van der Waals surface area (Å²) in [7, 11) is 1.78. The molecule has 0 bridgehead atoms. The van der Waals surface area contributed by atoms with Gasteiger partial charge >= 0.3 is 6.09 Å². The summed E-state index contributed by atoms with van der Waals surface area (Å²) in [6.07, 6.45) is 2.47. The number of aliphatic imine (C=N–C) groups is 2. The molecule has 2 aromatic heterocycles. The molecule has 8 nitrogen and oxygen atoms in total. The first-order chi connectivity index (χ1) is 20.7. The molecule has 5 aromatic rings. The Kier molecular flexibility index (Phi) is 7.52. The molecule has 6 rings (SSSR count). The predicted molar refractivity (Wildman–Crippen MR) is 174 cm³/mol. The number of fused-ring (bicyclic) bond motifs is 2. The Balaban J connectivity index is 1.36. The fourth-order valence-corrected chi connectivity index (χ4v) is 5.40. The summed E-state index contributed by atoms with van der Waals surface area (Å²) in [6, 6.07) is 22.6. The van der Waals surface area contributed by atoms with Gasteiger partial charge in [-0.15, -0.1) is 0 Å². The minimum Gasteiger partial charge on any atom is -0.456 e. The van der Waals surface area contributed by atoms with E-state index in [1.165, 1.54) is 0 Å². The van der Waals surface area contributed by atoms with E-state index >= 15 is 0 Å². The SMILES string of the molecule is CCNC(=NC)c1ccc2cc(-c3ccc(-c4cn(C(=O)OC(C)(C)C)c5cc(C6=NCCCN6)ccc45)cc3)oc2c1. The number of carbonyl (C=O) groups excluding carboxylic acids is 1. The summed E-state index contributed by atoms with van der Waals surface area (Å²) in [6.45, 7) is 10.2. The highest BCUT2D eigenvalue weighted by molar-refractivity contribution is 6.06. The third-order valence-corrected chi connectivity index (χ3v) is 7.41. The van der Waals surface area contributed by atoms with Crippen LogP contribution < -0.4 is 10.6 Å². The van der Waals surface area contributed by atoms with E-state index < -0.39 is 11.7 Å². The second-order valence-electron chi connectivity index (χ2n) is 11.7. The van der Waals surface area contributed by atoms with Crippen LogP contribution in [-0.4, -0.2) is 54.6 Å². The van der Waals surface area contributed by atoms with Crippen LogP contribution >= 0.6 is 0 Å². The van der Waals surface area contributed by atoms with Crippen molar-refractivity contribution in [1.29, 1.82) is 0 Å². The number of furan rings is 1. The van der Waals surface area contributed by atoms with Gasteiger partial charge in [-0.2, -0.15) is 0 Å². The lowest BCUT2D eigenvalue weighted by atomic mass is 10.0. The molecule has 0 spiro atoms. The molecular weight excluding hydrogens is 538 g/mol. The van der Waals surface area contributed by atoms with Crippen LogP contribution in [0.1, 0.15) is 45.2 Å². The van der Waals surface area contributed by atoms with Gasteiger partial charge in [-0.1, -0.05) is 48.5 Å². The Morgan fingerprint density at radius 2 is 1.81 bits per heavy atom. The third-order valence-electron chi connectivity index (χ3n) is 7.41. The van der Waals surface area contributed by atoms with Crippen LogP contribution in [0.2, 0.25) is 0 Å². The van der Waals surface area contributed by atoms with E-state index in [-0.39, 0.29) is 0 Å². The standard InChI is InChI=1S/C35H37N5O3/c1-6-37-32(36-5)26-13-12-24-19-30(42-31(24)20-26)23-10-8-22(9-11-23)28-21-40(34(41)43-35(2,3)4)29-18-25(14-15-27(28)29)33-38-16-7-17-39-33/h8-15,18-21H,6-7,16-17H2,1-5H3,(H,36,37)(H,38,39). The Morgan fingerprint density at radius 3 is 2.51 bits per heavy atom. The number of benzene rings is 3. The molecule has 0 atom stereocenters. The molecule has 43 heavy (non-hydrogen) atoms. The molecule has 0 radical (unpaired) electrons. The number of carbonyl (C=O) groups is 1. The smallest absolute Gasteiger partial charge is 0.419 e. The number of ether oxygens (including phenoxy) is 1. The fraction of sp³-hybridized carbons (Fsp3) is 0.286. The van der Waals surface area contributed by atoms with Gasteiger partial charge in [0.1, 0.15) is 28.6 Å². The molecule has 2 N–H and O–H groups in total. The van der Waals surface area contributed by atoms with E-state index in [0.717, 1.165) is 93.2 Å². The zero-order valence-electron chi connectivity index (χ0n) is 25.3. The molecule has 1 aliphatic heterocycles. The van der Waals surface area contributed by atoms with Crippen molar-refractivity contribution in [2.24, 2.45) is 9.98 Å². The van der Waals surface area contributed by atoms with Crippen LogP contribution in [0.25, 0.3) is 44.3 Å². The van der Waals surface area contributed by atoms with Gasteiger partial charge in [0, 0.05) is 65.9 Å². The summed E-state index contributed by atoms with van der Waals surface area (Å²) in [5, 5.41) is 8.67. The minimum atomic E-state index is -0.618. The van der Waals surface area contributed by atoms with Crippen molar-refractivity contribution < 1.29 is 13.9 Å². The van der Waals surface area contributed by atoms with Crippen molar-refractivity contribution in [1.82, 2.24) is 15.2 Å². The lowest BCUT2D eigenvalue weighted by molar-refractivity contribution is 0.0544. The van der Waals surface area contributed by atoms with Crippen molar-refractivity contribution in [3.63, 3.8) is 0 Å². The second kappa shape index (κ2) is 11.4. The summed E-state index contributed by atoms with van der Waals surface area (Å²) in [5.74, 6) is 2.49. The van der Waals surface area contributed by atoms with E-state index in [4.69, 9.17) is 9.15 Å². The summed E-state index contributed by atoms with van der Waals surface area (Å²) in [5.41, 5.74) is 5.82. The van der Waals surface area contributed by atoms with Crippen molar-refractivity contribution in [2.45, 2.75) is 39.7 Å². The molecule has 8 heteroatoms. The van der Waals surface area contributed by atoms with Crippen LogP contribution in [0, 0.1) is 0 Å². The molecule has 220 valence electrons. The van der Waals surface area contributed by atoms with Crippen LogP contribution in [0.5, 0.6) is 0 Å². The molecule has 0 saturated carbocycles. The number of nitrogens with one attached hydrogen (secondary N) is 2. The zero-order valence-corrected chi connectivity index (χ0v) is 25.3. The molecule has 0 fully saturated rings. The number of amidine groups is 2. The molecule has 0 unspecified atom stereocenters. The molecule has 0 saturated heterocycles. The van der Waals surface area contributed by atoms with Gasteiger partial charge in [0.25, 0.3) is 0 Å². The van der Waals surface area contributed by atoms with E-state index in [2.05, 4.69) is 82.1 Å². The van der Waals surface area contributed by atoms with Crippen molar-refractivity contribution in [2.75, 3.05) is 26.7 Å². The number of rotatable bonds is 5. The molecule has 3 heterocycles. The number of hydrogen-bond acceptors (Lipinski definition) is 6. The van der Waals surface area contributed by atoms with Crippen molar-refractivity contribution in [3.8, 4) is 22.5 Å². The van der Waals surface area contributed by atoms with Crippen molar-refractivity contribution >= 4 is 39.6 Å². The monoisotopic (exact) mass is 575 g/mol. The number of aromatic nitrogens is 1. The van der Waals surface area contributed by atoms with Gasteiger partial charge in [0.15, 0.2) is 0 Å². The van der Waals surface area contributed by atoms with Crippen molar-refractivity contribution in [3.05, 3.63) is 84.1 Å². The lowest BCUT2D eigenvalue weighted by Crippen LogP contribution is -2.30. The highest BCUT2D eigenvalue weighted by Crippen LogP contribution is 2.35. The highest BCUT2D eigenvalue weighted by Gasteiger charge is 2.22. The second-order valence-corrected chi connectivity index (χ2v) is 11.7. The maximum atomic E-state index is 13.3. The summed E-state index contributed by atoms with van der Waals surface area (Å²) >= 11 is 0. The van der Waals surface area contributed by atoms with Crippen LogP contribution in [0.4, 0.5) is 4.79 Å². The number of nitrogens with zero attached hydrogens (tertiary/aromatic N) is 3. The van der Waals surface area contributed by atoms with Crippen LogP contribution in [-0.2, 0) is 4.74 Å². The topological polar surface area (TPSA) is 93.2 Å². The van der Waals surface area contributed by atoms with E-state index in [1.807, 2.05) is 39.1 Å². The molecule has 3 aromatic carbocycles. The molecule has 1 aliphatic rings. The predicted octanol–water partition coefficient (Wildman–Crippen LogP) is 7.23. The van der Waals surface area contributed by atoms with Gasteiger partial charge in [0.2, 0.25) is 0 Å². The van der Waals surface area contributed by atoms with Gasteiger partial charge in [-0.05, 0) is 57.9 Å². The Labute approximate surface area is 251 Å². The quantitative estimate of drug-likeness (QED) is 0.170. The Morgan fingerprint density at radius 1 is 1.05 bits per heavy atom. The van der Waals surface area contributed by atoms with E-state index in [1.54, 1.807) is 11.6 Å². The van der Waals surface area contributed by atoms with Gasteiger partial charge in [-0.25, -0.2) is 4.79 Å². The minimum absolute atomic E-state index is 0.414. The average Bonchev–Trinajstić information content (AvgIpc) is 3.61. The average molecular weight is 576 g/mol. The first-order valence-electron chi connectivity index (χ1n) is 14.8. The van der Waals surface area contributed by atoms with Crippen LogP contribution in [0.15, 0.2) is 87.3 Å². The molecule has 0 aliphatic carbocycles. The first kappa shape index (κ1) is 28.3. The van der Waals surface area contributed by atoms with Gasteiger partial charge in [0.05, 0.1) is 5.52 Å². The number of hydrogen-bond donors (Lipinski definition) is 2. The lowest BCUT2D eigenvalue weighted by Gasteiger charge is -2.20. The fourth-order valence-electron chi connectivity index (χ4n) is 5.40. The maximum Gasteiger partial charge on any atom is 0.419 e. The third kappa shape index (κ3) is 5.78. The first-order valence-corrected chi connectivity index (χ1v) is 14.8. The van der Waals surface area contributed by atoms with Crippen LogP contribution in [0.3, 0.4) is 0 Å². The van der Waals surface area contributed by atoms with Gasteiger partial charge in [-0.3, -0.25) is 14.6 Å². The Bertz CT molecular complexity index is 1870. The maximum absolute atomic E-state index is 13.3. The summed E-state index contributed by atoms with van der Waals surface area (Å²) in [4.78, 5) is 22.3. The zero-order chi connectivity index (χ0) is 30.1. The normalized spacial score (nSPS) is 14.1.